The summed E-state index contributed by atoms with van der Waals surface area (Å²) in [5.74, 6) is -6.41. The van der Waals surface area contributed by atoms with Gasteiger partial charge in [-0.15, -0.1) is 6.58 Å². The highest BCUT2D eigenvalue weighted by atomic mass is 16.6. The standard InChI is InChI=1S/C20H34O5/c1-7-12(2)10-14(21)16-13(3)8-9-15-17(4,5)11-19(22,23)20(24,25)18(15,16)6/h7,12-13,15-16,22-25H,1,8-11H2,2-6H3/t12-,13+,15+,16-,18+/m1/s1. The number of allylic oxidation sites excluding steroid dienone is 1. The van der Waals surface area contributed by atoms with Gasteiger partial charge in [-0.3, -0.25) is 4.79 Å². The van der Waals surface area contributed by atoms with Gasteiger partial charge in [-0.1, -0.05) is 40.7 Å². The average Bonchev–Trinajstić information content (AvgIpc) is 2.43. The number of carbonyl (C=O) groups is 1. The Hall–Kier alpha value is -0.750. The third kappa shape index (κ3) is 2.89. The topological polar surface area (TPSA) is 98.0 Å². The van der Waals surface area contributed by atoms with Gasteiger partial charge in [0.1, 0.15) is 5.78 Å². The van der Waals surface area contributed by atoms with Crippen LogP contribution in [0.5, 0.6) is 0 Å². The number of aliphatic hydroxyl groups is 4. The first-order chi connectivity index (χ1) is 11.2. The van der Waals surface area contributed by atoms with Crippen molar-refractivity contribution in [3.05, 3.63) is 12.7 Å². The third-order valence-electron chi connectivity index (χ3n) is 7.08. The van der Waals surface area contributed by atoms with Gasteiger partial charge in [0.25, 0.3) is 0 Å². The Morgan fingerprint density at radius 2 is 1.76 bits per heavy atom. The van der Waals surface area contributed by atoms with Crippen LogP contribution in [0, 0.1) is 34.5 Å². The van der Waals surface area contributed by atoms with Gasteiger partial charge >= 0.3 is 0 Å². The zero-order valence-electron chi connectivity index (χ0n) is 16.1. The number of fused-ring (bicyclic) bond motifs is 1. The lowest BCUT2D eigenvalue weighted by Gasteiger charge is -2.66. The minimum Gasteiger partial charge on any atom is -0.361 e. The number of Topliss-reactive ketones (excluding diaryl/α,β-unsaturated/α-hetero) is 1. The van der Waals surface area contributed by atoms with E-state index in [1.165, 1.54) is 0 Å². The van der Waals surface area contributed by atoms with E-state index in [2.05, 4.69) is 6.58 Å². The van der Waals surface area contributed by atoms with Crippen molar-refractivity contribution >= 4 is 5.78 Å². The summed E-state index contributed by atoms with van der Waals surface area (Å²) in [7, 11) is 0. The van der Waals surface area contributed by atoms with Gasteiger partial charge in [0, 0.05) is 24.2 Å². The van der Waals surface area contributed by atoms with Crippen molar-refractivity contribution in [1.82, 2.24) is 0 Å². The number of rotatable bonds is 4. The van der Waals surface area contributed by atoms with Crippen LogP contribution in [0.3, 0.4) is 0 Å². The van der Waals surface area contributed by atoms with E-state index in [9.17, 15) is 25.2 Å². The van der Waals surface area contributed by atoms with Gasteiger partial charge in [-0.05, 0) is 36.0 Å². The Bertz CT molecular complexity index is 550. The number of carbonyl (C=O) groups excluding carboxylic acids is 1. The fraction of sp³-hybridized carbons (Fsp3) is 0.850. The van der Waals surface area contributed by atoms with E-state index < -0.39 is 28.3 Å². The van der Waals surface area contributed by atoms with Gasteiger partial charge in [-0.25, -0.2) is 0 Å². The molecule has 5 nitrogen and oxygen atoms in total. The van der Waals surface area contributed by atoms with Crippen LogP contribution in [-0.2, 0) is 4.79 Å². The highest BCUT2D eigenvalue weighted by Gasteiger charge is 2.73. The first-order valence-corrected chi connectivity index (χ1v) is 9.27. The Morgan fingerprint density at radius 3 is 2.28 bits per heavy atom. The Kier molecular flexibility index (Phi) is 5.06. The molecule has 0 aromatic heterocycles. The molecule has 144 valence electrons. The molecule has 0 heterocycles. The molecule has 25 heavy (non-hydrogen) atoms. The maximum Gasteiger partial charge on any atom is 0.224 e. The Balaban J connectivity index is 2.58. The van der Waals surface area contributed by atoms with E-state index in [0.29, 0.717) is 0 Å². The fourth-order valence-electron chi connectivity index (χ4n) is 5.86. The molecule has 5 atom stereocenters. The normalized spacial score (nSPS) is 40.0. The van der Waals surface area contributed by atoms with Crippen molar-refractivity contribution in [3.8, 4) is 0 Å². The second kappa shape index (κ2) is 6.15. The maximum absolute atomic E-state index is 13.1. The number of ketones is 1. The van der Waals surface area contributed by atoms with E-state index in [4.69, 9.17) is 0 Å². The van der Waals surface area contributed by atoms with Crippen LogP contribution in [0.1, 0.15) is 60.3 Å². The molecule has 0 aromatic rings. The van der Waals surface area contributed by atoms with E-state index in [1.54, 1.807) is 13.0 Å². The first kappa shape index (κ1) is 20.6. The fourth-order valence-corrected chi connectivity index (χ4v) is 5.86. The Labute approximate surface area is 150 Å². The smallest absolute Gasteiger partial charge is 0.224 e. The SMILES string of the molecule is C=C[C@@H](C)CC(=O)[C@H]1[C@@H](C)CC[C@H]2C(C)(C)CC(O)(O)C(O)(O)[C@]12C. The number of hydrogen-bond acceptors (Lipinski definition) is 5. The van der Waals surface area contributed by atoms with Gasteiger partial charge in [-0.2, -0.15) is 0 Å². The summed E-state index contributed by atoms with van der Waals surface area (Å²) < 4.78 is 0. The summed E-state index contributed by atoms with van der Waals surface area (Å²) in [6, 6.07) is 0. The molecular formula is C20H34O5. The molecule has 5 heteroatoms. The van der Waals surface area contributed by atoms with Crippen LogP contribution >= 0.6 is 0 Å². The molecule has 2 aliphatic rings. The largest absolute Gasteiger partial charge is 0.361 e. The zero-order valence-corrected chi connectivity index (χ0v) is 16.1. The quantitative estimate of drug-likeness (QED) is 0.458. The second-order valence-electron chi connectivity index (χ2n) is 9.41. The van der Waals surface area contributed by atoms with Crippen LogP contribution in [0.2, 0.25) is 0 Å². The highest BCUT2D eigenvalue weighted by Crippen LogP contribution is 2.66. The zero-order chi connectivity index (χ0) is 19.4. The van der Waals surface area contributed by atoms with Gasteiger partial charge < -0.3 is 20.4 Å². The van der Waals surface area contributed by atoms with Crippen LogP contribution in [0.15, 0.2) is 12.7 Å². The molecule has 0 radical (unpaired) electrons. The van der Waals surface area contributed by atoms with Crippen molar-refractivity contribution in [2.24, 2.45) is 34.5 Å². The molecule has 2 rings (SSSR count). The molecule has 0 amide bonds. The van der Waals surface area contributed by atoms with Crippen LogP contribution in [-0.4, -0.2) is 37.8 Å². The Morgan fingerprint density at radius 1 is 1.20 bits per heavy atom. The lowest BCUT2D eigenvalue weighted by molar-refractivity contribution is -0.446. The first-order valence-electron chi connectivity index (χ1n) is 9.27. The molecule has 2 saturated carbocycles. The van der Waals surface area contributed by atoms with E-state index in [-0.39, 0.29) is 36.4 Å². The molecule has 0 saturated heterocycles. The van der Waals surface area contributed by atoms with Crippen molar-refractivity contribution in [2.45, 2.75) is 71.9 Å². The van der Waals surface area contributed by atoms with Crippen LogP contribution in [0.4, 0.5) is 0 Å². The van der Waals surface area contributed by atoms with Gasteiger partial charge in [0.15, 0.2) is 0 Å². The maximum atomic E-state index is 13.1. The molecule has 4 N–H and O–H groups in total. The molecule has 2 aliphatic carbocycles. The molecule has 2 fully saturated rings. The van der Waals surface area contributed by atoms with Gasteiger partial charge in [0.2, 0.25) is 11.6 Å². The highest BCUT2D eigenvalue weighted by molar-refractivity contribution is 5.83. The predicted octanol–water partition coefficient (Wildman–Crippen LogP) is 2.23. The van der Waals surface area contributed by atoms with E-state index in [0.717, 1.165) is 12.8 Å². The third-order valence-corrected chi connectivity index (χ3v) is 7.08. The predicted molar refractivity (Wildman–Crippen MR) is 95.2 cm³/mol. The van der Waals surface area contributed by atoms with Gasteiger partial charge in [0.05, 0.1) is 0 Å². The second-order valence-corrected chi connectivity index (χ2v) is 9.41. The lowest BCUT2D eigenvalue weighted by Crippen LogP contribution is -2.76. The van der Waals surface area contributed by atoms with Crippen molar-refractivity contribution in [1.29, 1.82) is 0 Å². The van der Waals surface area contributed by atoms with E-state index in [1.807, 2.05) is 27.7 Å². The summed E-state index contributed by atoms with van der Waals surface area (Å²) in [5, 5.41) is 42.8. The molecule has 0 unspecified atom stereocenters. The molecule has 0 bridgehead atoms. The molecule has 0 spiro atoms. The minimum atomic E-state index is -2.76. The summed E-state index contributed by atoms with van der Waals surface area (Å²) in [5.41, 5.74) is -1.87. The monoisotopic (exact) mass is 354 g/mol. The van der Waals surface area contributed by atoms with Crippen molar-refractivity contribution in [2.75, 3.05) is 0 Å². The van der Waals surface area contributed by atoms with Crippen molar-refractivity contribution < 1.29 is 25.2 Å². The number of hydrogen-bond donors (Lipinski definition) is 4. The summed E-state index contributed by atoms with van der Waals surface area (Å²) >= 11 is 0. The minimum absolute atomic E-state index is 0.0138. The summed E-state index contributed by atoms with van der Waals surface area (Å²) in [6.07, 6.45) is 3.36. The summed E-state index contributed by atoms with van der Waals surface area (Å²) in [6.45, 7) is 13.0. The van der Waals surface area contributed by atoms with Crippen molar-refractivity contribution in [3.63, 3.8) is 0 Å². The van der Waals surface area contributed by atoms with E-state index >= 15 is 0 Å². The van der Waals surface area contributed by atoms with Crippen LogP contribution in [0.25, 0.3) is 0 Å². The molecular weight excluding hydrogens is 320 g/mol. The van der Waals surface area contributed by atoms with Crippen LogP contribution < -0.4 is 0 Å². The average molecular weight is 354 g/mol. The molecule has 0 aromatic carbocycles. The lowest BCUT2D eigenvalue weighted by atomic mass is 9.42. The summed E-state index contributed by atoms with van der Waals surface area (Å²) in [4.78, 5) is 13.1. The molecule has 0 aliphatic heterocycles.